The van der Waals surface area contributed by atoms with Crippen LogP contribution in [0.2, 0.25) is 0 Å². The van der Waals surface area contributed by atoms with E-state index in [1.54, 1.807) is 9.80 Å². The number of nitrogens with zero attached hydrogens (tertiary/aromatic N) is 2. The highest BCUT2D eigenvalue weighted by Crippen LogP contribution is 2.20. The van der Waals surface area contributed by atoms with Gasteiger partial charge in [0.25, 0.3) is 0 Å². The highest BCUT2D eigenvalue weighted by molar-refractivity contribution is 6.35. The molecular formula is C15H28N2O3. The minimum absolute atomic E-state index is 0.0234. The molecule has 1 atom stereocenters. The molecule has 20 heavy (non-hydrogen) atoms. The lowest BCUT2D eigenvalue weighted by molar-refractivity contribution is -0.154. The van der Waals surface area contributed by atoms with E-state index in [9.17, 15) is 9.59 Å². The van der Waals surface area contributed by atoms with Gasteiger partial charge in [0.15, 0.2) is 0 Å². The summed E-state index contributed by atoms with van der Waals surface area (Å²) < 4.78 is 0. The predicted octanol–water partition coefficient (Wildman–Crippen LogP) is 1.40. The van der Waals surface area contributed by atoms with Crippen molar-refractivity contribution < 1.29 is 14.7 Å². The lowest BCUT2D eigenvalue weighted by Gasteiger charge is -2.36. The molecule has 1 aliphatic heterocycles. The molecular weight excluding hydrogens is 256 g/mol. The van der Waals surface area contributed by atoms with Gasteiger partial charge >= 0.3 is 11.8 Å². The maximum Gasteiger partial charge on any atom is 0.312 e. The number of piperidine rings is 1. The first-order chi connectivity index (χ1) is 9.65. The van der Waals surface area contributed by atoms with Gasteiger partial charge < -0.3 is 14.9 Å². The van der Waals surface area contributed by atoms with Crippen molar-refractivity contribution in [2.45, 2.75) is 58.4 Å². The van der Waals surface area contributed by atoms with Crippen LogP contribution in [0.4, 0.5) is 0 Å². The van der Waals surface area contributed by atoms with Gasteiger partial charge in [-0.15, -0.1) is 0 Å². The first-order valence-corrected chi connectivity index (χ1v) is 7.86. The van der Waals surface area contributed by atoms with Crippen molar-refractivity contribution in [2.75, 3.05) is 26.2 Å². The summed E-state index contributed by atoms with van der Waals surface area (Å²) >= 11 is 0. The molecule has 1 N–H and O–H groups in total. The Bertz CT molecular complexity index is 312. The van der Waals surface area contributed by atoms with E-state index < -0.39 is 0 Å². The normalized spacial score (nSPS) is 18.9. The molecule has 1 fully saturated rings. The predicted molar refractivity (Wildman–Crippen MR) is 78.2 cm³/mol. The molecule has 1 unspecified atom stereocenters. The van der Waals surface area contributed by atoms with Gasteiger partial charge in [-0.1, -0.05) is 13.8 Å². The molecule has 0 aromatic rings. The lowest BCUT2D eigenvalue weighted by Crippen LogP contribution is -2.51. The van der Waals surface area contributed by atoms with Crippen LogP contribution in [0.15, 0.2) is 0 Å². The van der Waals surface area contributed by atoms with Crippen molar-refractivity contribution in [3.8, 4) is 0 Å². The number of likely N-dealkylation sites (tertiary alicyclic amines) is 1. The number of aliphatic hydroxyl groups is 1. The van der Waals surface area contributed by atoms with Gasteiger partial charge in [-0.2, -0.15) is 0 Å². The summed E-state index contributed by atoms with van der Waals surface area (Å²) in [6.45, 7) is 6.00. The Morgan fingerprint density at radius 2 is 1.85 bits per heavy atom. The third kappa shape index (κ3) is 4.47. The van der Waals surface area contributed by atoms with Crippen LogP contribution in [-0.2, 0) is 9.59 Å². The van der Waals surface area contributed by atoms with Crippen LogP contribution < -0.4 is 0 Å². The molecule has 0 radical (unpaired) electrons. The van der Waals surface area contributed by atoms with Crippen LogP contribution in [0.25, 0.3) is 0 Å². The van der Waals surface area contributed by atoms with E-state index in [4.69, 9.17) is 5.11 Å². The van der Waals surface area contributed by atoms with Crippen molar-refractivity contribution in [1.29, 1.82) is 0 Å². The number of hydrogen-bond acceptors (Lipinski definition) is 3. The Hall–Kier alpha value is -1.10. The van der Waals surface area contributed by atoms with Crippen LogP contribution in [0.5, 0.6) is 0 Å². The van der Waals surface area contributed by atoms with Crippen LogP contribution in [-0.4, -0.2) is 59.0 Å². The van der Waals surface area contributed by atoms with E-state index in [0.29, 0.717) is 26.1 Å². The minimum atomic E-state index is -0.384. The Morgan fingerprint density at radius 1 is 1.20 bits per heavy atom. The number of rotatable bonds is 6. The van der Waals surface area contributed by atoms with E-state index >= 15 is 0 Å². The zero-order valence-corrected chi connectivity index (χ0v) is 12.8. The van der Waals surface area contributed by atoms with Gasteiger partial charge in [0, 0.05) is 32.3 Å². The summed E-state index contributed by atoms with van der Waals surface area (Å²) in [7, 11) is 0. The summed E-state index contributed by atoms with van der Waals surface area (Å²) in [5, 5.41) is 9.10. The zero-order valence-electron chi connectivity index (χ0n) is 12.8. The fourth-order valence-electron chi connectivity index (χ4n) is 2.83. The van der Waals surface area contributed by atoms with Crippen molar-refractivity contribution in [1.82, 2.24) is 9.80 Å². The number of amides is 2. The number of aliphatic hydroxyl groups excluding tert-OH is 1. The SMILES string of the molecule is CCCN(CCC)C(=O)C(=O)N1CCCCC1CCO. The third-order valence-electron chi connectivity index (χ3n) is 3.81. The highest BCUT2D eigenvalue weighted by atomic mass is 16.3. The van der Waals surface area contributed by atoms with E-state index in [0.717, 1.165) is 32.1 Å². The van der Waals surface area contributed by atoms with Crippen LogP contribution in [0.3, 0.4) is 0 Å². The highest BCUT2D eigenvalue weighted by Gasteiger charge is 2.32. The van der Waals surface area contributed by atoms with Crippen LogP contribution in [0, 0.1) is 0 Å². The van der Waals surface area contributed by atoms with Gasteiger partial charge in [0.1, 0.15) is 0 Å². The monoisotopic (exact) mass is 284 g/mol. The van der Waals surface area contributed by atoms with E-state index in [1.165, 1.54) is 0 Å². The summed E-state index contributed by atoms with van der Waals surface area (Å²) in [6, 6.07) is 0.0234. The topological polar surface area (TPSA) is 60.9 Å². The molecule has 0 aliphatic carbocycles. The summed E-state index contributed by atoms with van der Waals surface area (Å²) in [6.07, 6.45) is 5.19. The standard InChI is InChI=1S/C15H28N2O3/c1-3-9-16(10-4-2)14(19)15(20)17-11-6-5-7-13(17)8-12-18/h13,18H,3-12H2,1-2H3. The summed E-state index contributed by atoms with van der Waals surface area (Å²) in [4.78, 5) is 28.1. The Balaban J connectivity index is 2.71. The molecule has 1 heterocycles. The molecule has 2 amide bonds. The van der Waals surface area contributed by atoms with Gasteiger partial charge in [-0.3, -0.25) is 9.59 Å². The molecule has 5 nitrogen and oxygen atoms in total. The minimum Gasteiger partial charge on any atom is -0.396 e. The first kappa shape index (κ1) is 17.0. The second-order valence-corrected chi connectivity index (χ2v) is 5.45. The second kappa shape index (κ2) is 8.95. The molecule has 1 rings (SSSR count). The van der Waals surface area contributed by atoms with Crippen molar-refractivity contribution >= 4 is 11.8 Å². The fraction of sp³-hybridized carbons (Fsp3) is 0.867. The van der Waals surface area contributed by atoms with E-state index in [1.807, 2.05) is 13.8 Å². The Morgan fingerprint density at radius 3 is 2.40 bits per heavy atom. The molecule has 1 saturated heterocycles. The van der Waals surface area contributed by atoms with E-state index in [2.05, 4.69) is 0 Å². The van der Waals surface area contributed by atoms with Crippen molar-refractivity contribution in [3.63, 3.8) is 0 Å². The van der Waals surface area contributed by atoms with Gasteiger partial charge in [-0.05, 0) is 38.5 Å². The molecule has 0 aromatic carbocycles. The maximum atomic E-state index is 12.4. The third-order valence-corrected chi connectivity index (χ3v) is 3.81. The molecule has 5 heteroatoms. The zero-order chi connectivity index (χ0) is 15.0. The summed E-state index contributed by atoms with van der Waals surface area (Å²) in [5.41, 5.74) is 0. The Labute approximate surface area is 121 Å². The maximum absolute atomic E-state index is 12.4. The number of hydrogen-bond donors (Lipinski definition) is 1. The van der Waals surface area contributed by atoms with Gasteiger partial charge in [0.2, 0.25) is 0 Å². The van der Waals surface area contributed by atoms with E-state index in [-0.39, 0.29) is 24.5 Å². The molecule has 0 bridgehead atoms. The van der Waals surface area contributed by atoms with Crippen molar-refractivity contribution in [2.24, 2.45) is 0 Å². The van der Waals surface area contributed by atoms with Gasteiger partial charge in [-0.25, -0.2) is 0 Å². The molecule has 1 aliphatic rings. The van der Waals surface area contributed by atoms with Crippen molar-refractivity contribution in [3.05, 3.63) is 0 Å². The number of carbonyl (C=O) groups is 2. The van der Waals surface area contributed by atoms with Gasteiger partial charge in [0.05, 0.1) is 0 Å². The second-order valence-electron chi connectivity index (χ2n) is 5.45. The number of carbonyl (C=O) groups excluding carboxylic acids is 2. The molecule has 116 valence electrons. The Kier molecular flexibility index (Phi) is 7.59. The molecule has 0 saturated carbocycles. The average molecular weight is 284 g/mol. The largest absolute Gasteiger partial charge is 0.396 e. The molecule has 0 aromatic heterocycles. The quantitative estimate of drug-likeness (QED) is 0.750. The molecule has 0 spiro atoms. The summed E-state index contributed by atoms with van der Waals surface area (Å²) in [5.74, 6) is -0.761. The van der Waals surface area contributed by atoms with Crippen LogP contribution >= 0.6 is 0 Å². The first-order valence-electron chi connectivity index (χ1n) is 7.86. The average Bonchev–Trinajstić information content (AvgIpc) is 2.46. The fourth-order valence-corrected chi connectivity index (χ4v) is 2.83. The lowest BCUT2D eigenvalue weighted by atomic mass is 9.99. The smallest absolute Gasteiger partial charge is 0.312 e. The van der Waals surface area contributed by atoms with Crippen LogP contribution in [0.1, 0.15) is 52.4 Å².